The number of rotatable bonds is 4. The molecule has 0 aromatic carbocycles. The summed E-state index contributed by atoms with van der Waals surface area (Å²) in [6.45, 7) is 3.99. The molecule has 0 aliphatic carbocycles. The molecule has 0 bridgehead atoms. The lowest BCUT2D eigenvalue weighted by molar-refractivity contribution is -0.137. The summed E-state index contributed by atoms with van der Waals surface area (Å²) in [4.78, 5) is 10.5. The first-order chi connectivity index (χ1) is 4.59. The number of hydrogen-bond acceptors (Lipinski definition) is 1. The number of carbonyl (C=O) groups is 1. The summed E-state index contributed by atoms with van der Waals surface area (Å²) in [7, 11) is -0.719. The first kappa shape index (κ1) is 9.98. The van der Waals surface area contributed by atoms with E-state index in [2.05, 4.69) is 0 Å². The standard InChI is InChI=1S/C6H12ClO2Si/c1-10(2)5(3-4-7)6(8)9/h5H,3-4H2,1-2H3,(H,8,9). The van der Waals surface area contributed by atoms with Crippen molar-refractivity contribution in [2.75, 3.05) is 5.88 Å². The Morgan fingerprint density at radius 2 is 2.20 bits per heavy atom. The summed E-state index contributed by atoms with van der Waals surface area (Å²) in [5, 5.41) is 8.64. The van der Waals surface area contributed by atoms with Crippen molar-refractivity contribution in [3.8, 4) is 0 Å². The van der Waals surface area contributed by atoms with Crippen LogP contribution in [0.3, 0.4) is 0 Å². The quantitative estimate of drug-likeness (QED) is 0.528. The van der Waals surface area contributed by atoms with Crippen LogP contribution in [-0.2, 0) is 4.79 Å². The van der Waals surface area contributed by atoms with Crippen LogP contribution in [0.15, 0.2) is 0 Å². The second-order valence-electron chi connectivity index (χ2n) is 2.45. The van der Waals surface area contributed by atoms with E-state index >= 15 is 0 Å². The highest BCUT2D eigenvalue weighted by atomic mass is 35.5. The van der Waals surface area contributed by atoms with E-state index in [9.17, 15) is 4.79 Å². The maximum absolute atomic E-state index is 10.5. The Morgan fingerprint density at radius 1 is 1.70 bits per heavy atom. The SMILES string of the molecule is C[Si](C)C(CCCl)C(=O)O. The molecule has 0 aromatic heterocycles. The fourth-order valence-electron chi connectivity index (χ4n) is 0.768. The minimum absolute atomic E-state index is 0.178. The van der Waals surface area contributed by atoms with Crippen molar-refractivity contribution < 1.29 is 9.90 Å². The molecule has 59 valence electrons. The van der Waals surface area contributed by atoms with Gasteiger partial charge in [-0.25, -0.2) is 0 Å². The molecule has 1 atom stereocenters. The number of alkyl halides is 1. The number of hydrogen-bond donors (Lipinski definition) is 1. The van der Waals surface area contributed by atoms with E-state index in [0.29, 0.717) is 12.3 Å². The number of carboxylic acids is 1. The molecule has 0 rings (SSSR count). The molecule has 2 nitrogen and oxygen atoms in total. The van der Waals surface area contributed by atoms with Gasteiger partial charge in [0, 0.05) is 11.4 Å². The van der Waals surface area contributed by atoms with Gasteiger partial charge in [0.25, 0.3) is 0 Å². The van der Waals surface area contributed by atoms with Crippen LogP contribution >= 0.6 is 11.6 Å². The highest BCUT2D eigenvalue weighted by molar-refractivity contribution is 6.61. The van der Waals surface area contributed by atoms with Crippen molar-refractivity contribution in [1.29, 1.82) is 0 Å². The van der Waals surface area contributed by atoms with Crippen molar-refractivity contribution in [2.24, 2.45) is 0 Å². The van der Waals surface area contributed by atoms with Gasteiger partial charge in [-0.2, -0.15) is 0 Å². The minimum atomic E-state index is -0.719. The smallest absolute Gasteiger partial charge is 0.303 e. The van der Waals surface area contributed by atoms with Crippen LogP contribution in [0.5, 0.6) is 0 Å². The van der Waals surface area contributed by atoms with E-state index in [4.69, 9.17) is 16.7 Å². The molecule has 0 amide bonds. The van der Waals surface area contributed by atoms with Gasteiger partial charge in [-0.15, -0.1) is 11.6 Å². The van der Waals surface area contributed by atoms with Crippen molar-refractivity contribution in [3.63, 3.8) is 0 Å². The van der Waals surface area contributed by atoms with Gasteiger partial charge in [-0.3, -0.25) is 4.79 Å². The summed E-state index contributed by atoms with van der Waals surface area (Å²) in [6, 6.07) is 0. The zero-order chi connectivity index (χ0) is 8.15. The molecule has 0 saturated carbocycles. The van der Waals surface area contributed by atoms with Gasteiger partial charge >= 0.3 is 5.97 Å². The van der Waals surface area contributed by atoms with Crippen LogP contribution in [0, 0.1) is 0 Å². The lowest BCUT2D eigenvalue weighted by atomic mass is 10.3. The van der Waals surface area contributed by atoms with Gasteiger partial charge in [0.2, 0.25) is 0 Å². The fraction of sp³-hybridized carbons (Fsp3) is 0.833. The first-order valence-corrected chi connectivity index (χ1v) is 6.29. The summed E-state index contributed by atoms with van der Waals surface area (Å²) < 4.78 is 0. The Balaban J connectivity index is 3.85. The molecule has 1 N–H and O–H groups in total. The van der Waals surface area contributed by atoms with Crippen LogP contribution in [0.4, 0.5) is 0 Å². The van der Waals surface area contributed by atoms with Crippen molar-refractivity contribution in [2.45, 2.75) is 25.1 Å². The molecule has 0 aliphatic heterocycles. The third-order valence-corrected chi connectivity index (χ3v) is 3.54. The molecule has 1 radical (unpaired) electrons. The van der Waals surface area contributed by atoms with E-state index in [0.717, 1.165) is 0 Å². The fourth-order valence-corrected chi connectivity index (χ4v) is 2.39. The number of carboxylic acid groups (broad SMARTS) is 1. The lowest BCUT2D eigenvalue weighted by Gasteiger charge is -2.11. The molecular weight excluding hydrogens is 168 g/mol. The summed E-state index contributed by atoms with van der Waals surface area (Å²) in [6.07, 6.45) is 0.609. The molecule has 0 saturated heterocycles. The lowest BCUT2D eigenvalue weighted by Crippen LogP contribution is -2.21. The van der Waals surface area contributed by atoms with Gasteiger partial charge < -0.3 is 5.11 Å². The van der Waals surface area contributed by atoms with Crippen molar-refractivity contribution >= 4 is 26.4 Å². The molecule has 0 heterocycles. The molecule has 4 heteroatoms. The van der Waals surface area contributed by atoms with Gasteiger partial charge in [-0.05, 0) is 6.42 Å². The van der Waals surface area contributed by atoms with Crippen LogP contribution in [0.25, 0.3) is 0 Å². The topological polar surface area (TPSA) is 37.3 Å². The predicted molar refractivity (Wildman–Crippen MR) is 44.2 cm³/mol. The third-order valence-electron chi connectivity index (χ3n) is 1.39. The molecule has 0 aliphatic rings. The van der Waals surface area contributed by atoms with Crippen LogP contribution < -0.4 is 0 Å². The van der Waals surface area contributed by atoms with E-state index in [1.165, 1.54) is 0 Å². The Bertz CT molecular complexity index is 116. The van der Waals surface area contributed by atoms with Crippen LogP contribution in [-0.4, -0.2) is 25.8 Å². The monoisotopic (exact) mass is 179 g/mol. The van der Waals surface area contributed by atoms with E-state index in [1.54, 1.807) is 0 Å². The van der Waals surface area contributed by atoms with Gasteiger partial charge in [0.1, 0.15) is 0 Å². The largest absolute Gasteiger partial charge is 0.481 e. The second-order valence-corrected chi connectivity index (χ2v) is 5.68. The molecule has 0 fully saturated rings. The van der Waals surface area contributed by atoms with Crippen molar-refractivity contribution in [3.05, 3.63) is 0 Å². The Kier molecular flexibility index (Phi) is 4.73. The summed E-state index contributed by atoms with van der Waals surface area (Å²) in [5.41, 5.74) is -0.178. The number of aliphatic carboxylic acids is 1. The van der Waals surface area contributed by atoms with E-state index in [-0.39, 0.29) is 5.54 Å². The molecule has 1 unspecified atom stereocenters. The average Bonchev–Trinajstić information content (AvgIpc) is 1.81. The zero-order valence-electron chi connectivity index (χ0n) is 6.22. The Labute approximate surface area is 67.8 Å². The Morgan fingerprint density at radius 3 is 2.30 bits per heavy atom. The van der Waals surface area contributed by atoms with E-state index < -0.39 is 14.8 Å². The maximum atomic E-state index is 10.5. The van der Waals surface area contributed by atoms with Gasteiger partial charge in [-0.1, -0.05) is 13.1 Å². The normalized spacial score (nSPS) is 13.6. The highest BCUT2D eigenvalue weighted by Crippen LogP contribution is 2.15. The van der Waals surface area contributed by atoms with Crippen LogP contribution in [0.1, 0.15) is 6.42 Å². The average molecular weight is 180 g/mol. The van der Waals surface area contributed by atoms with E-state index in [1.807, 2.05) is 13.1 Å². The second kappa shape index (κ2) is 4.74. The molecular formula is C6H12ClO2Si. The predicted octanol–water partition coefficient (Wildman–Crippen LogP) is 1.82. The number of halogens is 1. The summed E-state index contributed by atoms with van der Waals surface area (Å²) in [5.74, 6) is -0.244. The highest BCUT2D eigenvalue weighted by Gasteiger charge is 2.21. The Hall–Kier alpha value is -0.0231. The first-order valence-electron chi connectivity index (χ1n) is 3.18. The molecule has 0 spiro atoms. The maximum Gasteiger partial charge on any atom is 0.303 e. The third kappa shape index (κ3) is 3.22. The zero-order valence-corrected chi connectivity index (χ0v) is 7.98. The summed E-state index contributed by atoms with van der Waals surface area (Å²) >= 11 is 5.44. The minimum Gasteiger partial charge on any atom is -0.481 e. The van der Waals surface area contributed by atoms with Gasteiger partial charge in [0.15, 0.2) is 0 Å². The molecule has 10 heavy (non-hydrogen) atoms. The van der Waals surface area contributed by atoms with Crippen molar-refractivity contribution in [1.82, 2.24) is 0 Å². The molecule has 0 aromatic rings. The van der Waals surface area contributed by atoms with Gasteiger partial charge in [0.05, 0.1) is 8.80 Å². The van der Waals surface area contributed by atoms with Crippen LogP contribution in [0.2, 0.25) is 18.6 Å².